The third-order valence-corrected chi connectivity index (χ3v) is 5.79. The number of rotatable bonds is 6. The number of aryl methyl sites for hydroxylation is 2. The molecule has 0 saturated carbocycles. The minimum absolute atomic E-state index is 0.0372. The summed E-state index contributed by atoms with van der Waals surface area (Å²) in [6.07, 6.45) is 2.22. The van der Waals surface area contributed by atoms with E-state index in [0.717, 1.165) is 34.1 Å². The van der Waals surface area contributed by atoms with Gasteiger partial charge in [0.25, 0.3) is 5.91 Å². The van der Waals surface area contributed by atoms with E-state index in [0.29, 0.717) is 16.1 Å². The van der Waals surface area contributed by atoms with Crippen molar-refractivity contribution in [1.29, 1.82) is 0 Å². The van der Waals surface area contributed by atoms with Crippen molar-refractivity contribution >= 4 is 45.1 Å². The summed E-state index contributed by atoms with van der Waals surface area (Å²) in [7, 11) is 0. The molecule has 2 aromatic heterocycles. The van der Waals surface area contributed by atoms with Gasteiger partial charge >= 0.3 is 0 Å². The van der Waals surface area contributed by atoms with Crippen LogP contribution in [0, 0.1) is 13.8 Å². The smallest absolute Gasteiger partial charge is 0.293 e. The van der Waals surface area contributed by atoms with E-state index < -0.39 is 5.91 Å². The summed E-state index contributed by atoms with van der Waals surface area (Å²) in [5.41, 5.74) is 1.98. The van der Waals surface area contributed by atoms with Crippen molar-refractivity contribution in [3.8, 4) is 0 Å². The topological polar surface area (TPSA) is 85.1 Å². The van der Waals surface area contributed by atoms with Gasteiger partial charge in [-0.3, -0.25) is 14.9 Å². The molecule has 3 rings (SSSR count). The number of thioether (sulfide) groups is 1. The average molecular weight is 390 g/mol. The van der Waals surface area contributed by atoms with Crippen molar-refractivity contribution < 1.29 is 9.21 Å². The predicted octanol–water partition coefficient (Wildman–Crippen LogP) is 4.41. The van der Waals surface area contributed by atoms with Gasteiger partial charge in [0.05, 0.1) is 5.39 Å². The number of carbonyl (C=O) groups is 1. The van der Waals surface area contributed by atoms with Crippen molar-refractivity contribution in [3.05, 3.63) is 45.3 Å². The number of fused-ring (bicyclic) bond motifs is 1. The zero-order valence-electron chi connectivity index (χ0n) is 14.8. The number of anilines is 1. The summed E-state index contributed by atoms with van der Waals surface area (Å²) in [6, 6.07) is 4.90. The van der Waals surface area contributed by atoms with E-state index in [1.54, 1.807) is 17.8 Å². The zero-order valence-corrected chi connectivity index (χ0v) is 16.4. The van der Waals surface area contributed by atoms with Gasteiger partial charge in [0.15, 0.2) is 15.5 Å². The van der Waals surface area contributed by atoms with Crippen LogP contribution in [0.3, 0.4) is 0 Å². The van der Waals surface area contributed by atoms with Gasteiger partial charge in [0.1, 0.15) is 5.58 Å². The van der Waals surface area contributed by atoms with Crippen molar-refractivity contribution in [2.24, 2.45) is 0 Å². The standard InChI is InChI=1S/C18H19N3O3S2/c1-4-5-6-25-18-21-20-17(26-18)19-16(23)14-9-13(22)12-8-10(2)7-11(3)15(12)24-14/h7-9H,4-6H2,1-3H3,(H,19,20,23). The molecule has 1 amide bonds. The summed E-state index contributed by atoms with van der Waals surface area (Å²) in [5, 5.41) is 11.5. The molecular formula is C18H19N3O3S2. The molecule has 26 heavy (non-hydrogen) atoms. The van der Waals surface area contributed by atoms with E-state index >= 15 is 0 Å². The van der Waals surface area contributed by atoms with E-state index in [1.807, 2.05) is 19.9 Å². The Hall–Kier alpha value is -2.19. The number of nitrogens with zero attached hydrogens (tertiary/aromatic N) is 2. The van der Waals surface area contributed by atoms with Gasteiger partial charge in [-0.25, -0.2) is 0 Å². The van der Waals surface area contributed by atoms with Crippen LogP contribution in [0.15, 0.2) is 31.8 Å². The van der Waals surface area contributed by atoms with Crippen LogP contribution in [-0.2, 0) is 0 Å². The maximum Gasteiger partial charge on any atom is 0.293 e. The van der Waals surface area contributed by atoms with Crippen LogP contribution in [0.25, 0.3) is 11.0 Å². The van der Waals surface area contributed by atoms with Crippen LogP contribution in [-0.4, -0.2) is 21.9 Å². The molecule has 0 atom stereocenters. The Morgan fingerprint density at radius 2 is 2.08 bits per heavy atom. The fourth-order valence-electron chi connectivity index (χ4n) is 2.50. The number of unbranched alkanes of at least 4 members (excludes halogenated alkanes) is 1. The summed E-state index contributed by atoms with van der Waals surface area (Å²) in [4.78, 5) is 24.8. The van der Waals surface area contributed by atoms with Gasteiger partial charge in [0, 0.05) is 11.8 Å². The Bertz CT molecular complexity index is 1010. The first-order valence-corrected chi connectivity index (χ1v) is 10.1. The molecule has 6 nitrogen and oxygen atoms in total. The third-order valence-electron chi connectivity index (χ3n) is 3.73. The minimum Gasteiger partial charge on any atom is -0.450 e. The molecule has 3 aromatic rings. The fourth-order valence-corrected chi connectivity index (χ4v) is 4.40. The maximum absolute atomic E-state index is 12.4. The SMILES string of the molecule is CCCCSc1nnc(NC(=O)c2cc(=O)c3cc(C)cc(C)c3o2)s1. The molecule has 0 radical (unpaired) electrons. The van der Waals surface area contributed by atoms with E-state index in [2.05, 4.69) is 22.4 Å². The van der Waals surface area contributed by atoms with Crippen molar-refractivity contribution in [2.75, 3.05) is 11.1 Å². The number of carbonyl (C=O) groups excluding carboxylic acids is 1. The molecular weight excluding hydrogens is 370 g/mol. The van der Waals surface area contributed by atoms with Crippen molar-refractivity contribution in [3.63, 3.8) is 0 Å². The second-order valence-corrected chi connectivity index (χ2v) is 8.28. The lowest BCUT2D eigenvalue weighted by molar-refractivity contribution is 0.0997. The van der Waals surface area contributed by atoms with Gasteiger partial charge < -0.3 is 4.42 Å². The Kier molecular flexibility index (Phi) is 5.73. The maximum atomic E-state index is 12.4. The minimum atomic E-state index is -0.509. The molecule has 0 unspecified atom stereocenters. The van der Waals surface area contributed by atoms with Gasteiger partial charge in [-0.2, -0.15) is 0 Å². The summed E-state index contributed by atoms with van der Waals surface area (Å²) in [6.45, 7) is 5.90. The molecule has 0 bridgehead atoms. The molecule has 0 fully saturated rings. The number of benzene rings is 1. The molecule has 2 heterocycles. The molecule has 0 aliphatic carbocycles. The Labute approximate surface area is 159 Å². The first kappa shape index (κ1) is 18.6. The second-order valence-electron chi connectivity index (χ2n) is 5.96. The van der Waals surface area contributed by atoms with Crippen LogP contribution < -0.4 is 10.7 Å². The van der Waals surface area contributed by atoms with Gasteiger partial charge in [-0.1, -0.05) is 42.5 Å². The lowest BCUT2D eigenvalue weighted by atomic mass is 10.1. The molecule has 0 aliphatic heterocycles. The quantitative estimate of drug-likeness (QED) is 0.382. The summed E-state index contributed by atoms with van der Waals surface area (Å²) < 4.78 is 6.49. The Balaban J connectivity index is 1.81. The first-order valence-electron chi connectivity index (χ1n) is 8.30. The average Bonchev–Trinajstić information content (AvgIpc) is 3.03. The normalized spacial score (nSPS) is 11.0. The van der Waals surface area contributed by atoms with Crippen LogP contribution in [0.1, 0.15) is 41.4 Å². The highest BCUT2D eigenvalue weighted by atomic mass is 32.2. The van der Waals surface area contributed by atoms with Crippen LogP contribution >= 0.6 is 23.1 Å². The molecule has 0 aliphatic rings. The Morgan fingerprint density at radius 3 is 2.85 bits per heavy atom. The number of hydrogen-bond acceptors (Lipinski definition) is 7. The first-order chi connectivity index (χ1) is 12.5. The number of aromatic nitrogens is 2. The monoisotopic (exact) mass is 389 g/mol. The molecule has 0 spiro atoms. The van der Waals surface area contributed by atoms with E-state index in [9.17, 15) is 9.59 Å². The summed E-state index contributed by atoms with van der Waals surface area (Å²) >= 11 is 2.92. The lowest BCUT2D eigenvalue weighted by Gasteiger charge is -2.06. The molecule has 136 valence electrons. The van der Waals surface area contributed by atoms with E-state index in [4.69, 9.17) is 4.42 Å². The summed E-state index contributed by atoms with van der Waals surface area (Å²) in [5.74, 6) is 0.423. The number of hydrogen-bond donors (Lipinski definition) is 1. The molecule has 1 N–H and O–H groups in total. The lowest BCUT2D eigenvalue weighted by Crippen LogP contribution is -2.15. The molecule has 1 aromatic carbocycles. The van der Waals surface area contributed by atoms with E-state index in [1.165, 1.54) is 17.4 Å². The second kappa shape index (κ2) is 8.01. The molecule has 0 saturated heterocycles. The highest BCUT2D eigenvalue weighted by Gasteiger charge is 2.16. The van der Waals surface area contributed by atoms with Crippen molar-refractivity contribution in [2.45, 2.75) is 38.0 Å². The van der Waals surface area contributed by atoms with Crippen molar-refractivity contribution in [1.82, 2.24) is 10.2 Å². The third kappa shape index (κ3) is 4.13. The van der Waals surface area contributed by atoms with Gasteiger partial charge in [-0.15, -0.1) is 10.2 Å². The number of amides is 1. The molecule has 8 heteroatoms. The fraction of sp³-hybridized carbons (Fsp3) is 0.333. The highest BCUT2D eigenvalue weighted by Crippen LogP contribution is 2.26. The predicted molar refractivity (Wildman–Crippen MR) is 105 cm³/mol. The van der Waals surface area contributed by atoms with Gasteiger partial charge in [0.2, 0.25) is 5.13 Å². The Morgan fingerprint density at radius 1 is 1.27 bits per heavy atom. The largest absolute Gasteiger partial charge is 0.450 e. The van der Waals surface area contributed by atoms with Crippen LogP contribution in [0.2, 0.25) is 0 Å². The van der Waals surface area contributed by atoms with E-state index in [-0.39, 0.29) is 11.2 Å². The number of nitrogens with one attached hydrogen (secondary N) is 1. The zero-order chi connectivity index (χ0) is 18.7. The van der Waals surface area contributed by atoms with Gasteiger partial charge in [-0.05, 0) is 37.5 Å². The van der Waals surface area contributed by atoms with Crippen LogP contribution in [0.5, 0.6) is 0 Å². The van der Waals surface area contributed by atoms with Crippen LogP contribution in [0.4, 0.5) is 5.13 Å². The highest BCUT2D eigenvalue weighted by molar-refractivity contribution is 8.01.